The molecule has 1 aromatic rings. The minimum atomic E-state index is -0.734. The van der Waals surface area contributed by atoms with E-state index in [1.165, 1.54) is 0 Å². The largest absolute Gasteiger partial charge is 0.481 e. The van der Waals surface area contributed by atoms with Crippen LogP contribution in [-0.2, 0) is 11.3 Å². The summed E-state index contributed by atoms with van der Waals surface area (Å²) in [6.07, 6.45) is 4.06. The Bertz CT molecular complexity index is 447. The van der Waals surface area contributed by atoms with Gasteiger partial charge in [0.25, 0.3) is 0 Å². The van der Waals surface area contributed by atoms with Gasteiger partial charge in [0.2, 0.25) is 0 Å². The van der Waals surface area contributed by atoms with Crippen LogP contribution in [0.2, 0.25) is 0 Å². The van der Waals surface area contributed by atoms with Gasteiger partial charge in [-0.3, -0.25) is 9.69 Å². The molecule has 0 aliphatic carbocycles. The maximum absolute atomic E-state index is 11.4. The number of hydrogen-bond acceptors (Lipinski definition) is 3. The van der Waals surface area contributed by atoms with Crippen LogP contribution in [0.4, 0.5) is 0 Å². The van der Waals surface area contributed by atoms with E-state index in [2.05, 4.69) is 4.90 Å². The predicted molar refractivity (Wildman–Crippen MR) is 77.6 cm³/mol. The summed E-state index contributed by atoms with van der Waals surface area (Å²) >= 11 is 0. The SMILES string of the molecule is O=C(O)C1CN(CCCCCCO)Cc2ccccc21. The fourth-order valence-corrected chi connectivity index (χ4v) is 2.86. The maximum atomic E-state index is 11.4. The number of aliphatic carboxylic acids is 1. The third-order valence-electron chi connectivity index (χ3n) is 3.95. The Morgan fingerprint density at radius 1 is 1.20 bits per heavy atom. The highest BCUT2D eigenvalue weighted by molar-refractivity contribution is 5.77. The van der Waals surface area contributed by atoms with Gasteiger partial charge in [0.15, 0.2) is 0 Å². The second-order valence-corrected chi connectivity index (χ2v) is 5.46. The molecule has 0 saturated heterocycles. The van der Waals surface area contributed by atoms with Crippen molar-refractivity contribution in [1.82, 2.24) is 4.90 Å². The van der Waals surface area contributed by atoms with Crippen LogP contribution >= 0.6 is 0 Å². The van der Waals surface area contributed by atoms with E-state index in [0.717, 1.165) is 49.9 Å². The smallest absolute Gasteiger partial charge is 0.312 e. The number of fused-ring (bicyclic) bond motifs is 1. The van der Waals surface area contributed by atoms with E-state index in [1.807, 2.05) is 24.3 Å². The zero-order chi connectivity index (χ0) is 14.4. The molecule has 4 nitrogen and oxygen atoms in total. The Hall–Kier alpha value is -1.39. The van der Waals surface area contributed by atoms with E-state index in [9.17, 15) is 9.90 Å². The van der Waals surface area contributed by atoms with Crippen LogP contribution in [0.1, 0.15) is 42.7 Å². The number of hydrogen-bond donors (Lipinski definition) is 2. The Morgan fingerprint density at radius 3 is 2.70 bits per heavy atom. The number of aliphatic hydroxyl groups excluding tert-OH is 1. The van der Waals surface area contributed by atoms with Gasteiger partial charge in [-0.2, -0.15) is 0 Å². The normalized spacial score (nSPS) is 18.8. The lowest BCUT2D eigenvalue weighted by molar-refractivity contribution is -0.139. The molecule has 0 saturated carbocycles. The van der Waals surface area contributed by atoms with Crippen molar-refractivity contribution in [3.8, 4) is 0 Å². The molecule has 0 radical (unpaired) electrons. The highest BCUT2D eigenvalue weighted by Gasteiger charge is 2.29. The Labute approximate surface area is 120 Å². The second kappa shape index (κ2) is 7.41. The second-order valence-electron chi connectivity index (χ2n) is 5.46. The molecular weight excluding hydrogens is 254 g/mol. The lowest BCUT2D eigenvalue weighted by Gasteiger charge is -2.32. The fourth-order valence-electron chi connectivity index (χ4n) is 2.86. The zero-order valence-electron chi connectivity index (χ0n) is 11.8. The van der Waals surface area contributed by atoms with Crippen LogP contribution in [0.3, 0.4) is 0 Å². The summed E-state index contributed by atoms with van der Waals surface area (Å²) in [5.74, 6) is -1.14. The van der Waals surface area contributed by atoms with Crippen molar-refractivity contribution < 1.29 is 15.0 Å². The molecule has 2 rings (SSSR count). The molecule has 0 bridgehead atoms. The molecule has 1 aliphatic heterocycles. The summed E-state index contributed by atoms with van der Waals surface area (Å²) in [5.41, 5.74) is 2.11. The van der Waals surface area contributed by atoms with E-state index in [4.69, 9.17) is 5.11 Å². The minimum Gasteiger partial charge on any atom is -0.481 e. The molecule has 4 heteroatoms. The van der Waals surface area contributed by atoms with E-state index < -0.39 is 11.9 Å². The summed E-state index contributed by atoms with van der Waals surface area (Å²) < 4.78 is 0. The molecule has 1 aromatic carbocycles. The number of carbonyl (C=O) groups is 1. The average Bonchev–Trinajstić information content (AvgIpc) is 2.46. The first-order chi connectivity index (χ1) is 9.72. The van der Waals surface area contributed by atoms with Gasteiger partial charge in [-0.1, -0.05) is 37.1 Å². The average molecular weight is 277 g/mol. The number of aliphatic hydroxyl groups is 1. The van der Waals surface area contributed by atoms with E-state index in [1.54, 1.807) is 0 Å². The van der Waals surface area contributed by atoms with Crippen LogP contribution in [0, 0.1) is 0 Å². The van der Waals surface area contributed by atoms with Gasteiger partial charge in [-0.15, -0.1) is 0 Å². The topological polar surface area (TPSA) is 60.8 Å². The third-order valence-corrected chi connectivity index (χ3v) is 3.95. The summed E-state index contributed by atoms with van der Waals surface area (Å²) in [6, 6.07) is 7.86. The molecule has 0 aromatic heterocycles. The van der Waals surface area contributed by atoms with Crippen molar-refractivity contribution in [2.45, 2.75) is 38.1 Å². The molecule has 1 aliphatic rings. The summed E-state index contributed by atoms with van der Waals surface area (Å²) in [4.78, 5) is 13.7. The van der Waals surface area contributed by atoms with Gasteiger partial charge < -0.3 is 10.2 Å². The lowest BCUT2D eigenvalue weighted by Crippen LogP contribution is -2.37. The number of nitrogens with zero attached hydrogens (tertiary/aromatic N) is 1. The molecule has 20 heavy (non-hydrogen) atoms. The van der Waals surface area contributed by atoms with Crippen molar-refractivity contribution in [3.63, 3.8) is 0 Å². The van der Waals surface area contributed by atoms with Gasteiger partial charge in [0.05, 0.1) is 5.92 Å². The quantitative estimate of drug-likeness (QED) is 0.750. The van der Waals surface area contributed by atoms with Gasteiger partial charge >= 0.3 is 5.97 Å². The number of carboxylic acid groups (broad SMARTS) is 1. The highest BCUT2D eigenvalue weighted by atomic mass is 16.4. The summed E-state index contributed by atoms with van der Waals surface area (Å²) in [7, 11) is 0. The minimum absolute atomic E-state index is 0.262. The third kappa shape index (κ3) is 3.81. The van der Waals surface area contributed by atoms with Crippen molar-refractivity contribution in [2.24, 2.45) is 0 Å². The van der Waals surface area contributed by atoms with E-state index in [-0.39, 0.29) is 6.61 Å². The van der Waals surface area contributed by atoms with Crippen LogP contribution < -0.4 is 0 Å². The molecule has 2 N–H and O–H groups in total. The van der Waals surface area contributed by atoms with Crippen LogP contribution in [0.5, 0.6) is 0 Å². The Morgan fingerprint density at radius 2 is 1.95 bits per heavy atom. The first kappa shape index (κ1) is 15.0. The Kier molecular flexibility index (Phi) is 5.56. The molecule has 0 spiro atoms. The van der Waals surface area contributed by atoms with Crippen molar-refractivity contribution in [2.75, 3.05) is 19.7 Å². The molecule has 1 heterocycles. The van der Waals surface area contributed by atoms with Crippen LogP contribution in [-0.4, -0.2) is 40.8 Å². The first-order valence-electron chi connectivity index (χ1n) is 7.36. The first-order valence-corrected chi connectivity index (χ1v) is 7.36. The van der Waals surface area contributed by atoms with Crippen LogP contribution in [0.25, 0.3) is 0 Å². The number of carboxylic acids is 1. The fraction of sp³-hybridized carbons (Fsp3) is 0.562. The van der Waals surface area contributed by atoms with E-state index in [0.29, 0.717) is 6.54 Å². The standard InChI is InChI=1S/C16H23NO3/c18-10-6-2-1-5-9-17-11-13-7-3-4-8-14(13)15(12-17)16(19)20/h3-4,7-8,15,18H,1-2,5-6,9-12H2,(H,19,20). The molecule has 1 atom stereocenters. The Balaban J connectivity index is 1.93. The zero-order valence-corrected chi connectivity index (χ0v) is 11.8. The summed E-state index contributed by atoms with van der Waals surface area (Å²) in [6.45, 7) is 2.65. The molecule has 110 valence electrons. The van der Waals surface area contributed by atoms with Gasteiger partial charge in [-0.25, -0.2) is 0 Å². The molecule has 0 fully saturated rings. The summed E-state index contributed by atoms with van der Waals surface area (Å²) in [5, 5.41) is 18.1. The molecule has 1 unspecified atom stereocenters. The van der Waals surface area contributed by atoms with E-state index >= 15 is 0 Å². The van der Waals surface area contributed by atoms with Gasteiger partial charge in [0, 0.05) is 19.7 Å². The van der Waals surface area contributed by atoms with Crippen molar-refractivity contribution >= 4 is 5.97 Å². The van der Waals surface area contributed by atoms with Crippen molar-refractivity contribution in [1.29, 1.82) is 0 Å². The van der Waals surface area contributed by atoms with Gasteiger partial charge in [-0.05, 0) is 30.5 Å². The monoisotopic (exact) mass is 277 g/mol. The van der Waals surface area contributed by atoms with Crippen molar-refractivity contribution in [3.05, 3.63) is 35.4 Å². The molecular formula is C16H23NO3. The maximum Gasteiger partial charge on any atom is 0.312 e. The van der Waals surface area contributed by atoms with Gasteiger partial charge in [0.1, 0.15) is 0 Å². The molecule has 0 amide bonds. The lowest BCUT2D eigenvalue weighted by atomic mass is 9.89. The van der Waals surface area contributed by atoms with Crippen LogP contribution in [0.15, 0.2) is 24.3 Å². The number of rotatable bonds is 7. The predicted octanol–water partition coefficient (Wildman–Crippen LogP) is 2.22. The highest BCUT2D eigenvalue weighted by Crippen LogP contribution is 2.28. The number of unbranched alkanes of at least 4 members (excludes halogenated alkanes) is 3. The number of benzene rings is 1.